The number of anilines is 1. The fourth-order valence-corrected chi connectivity index (χ4v) is 1.62. The van der Waals surface area contributed by atoms with Crippen molar-refractivity contribution >= 4 is 17.6 Å². The minimum Gasteiger partial charge on any atom is -0.497 e. The Morgan fingerprint density at radius 3 is 2.62 bits per heavy atom. The summed E-state index contributed by atoms with van der Waals surface area (Å²) in [5, 5.41) is 2.69. The van der Waals surface area contributed by atoms with Crippen LogP contribution in [0.1, 0.15) is 30.6 Å². The third kappa shape index (κ3) is 6.16. The van der Waals surface area contributed by atoms with E-state index in [4.69, 9.17) is 15.2 Å². The standard InChI is InChI=1S/C15H22N2O4/c1-10(2)4-5-17-14(18)9-21-15(19)11-6-12(16)8-13(7-11)20-3/h6-8,10H,4-5,9,16H2,1-3H3,(H,17,18). The minimum absolute atomic E-state index is 0.252. The maximum absolute atomic E-state index is 11.8. The monoisotopic (exact) mass is 294 g/mol. The van der Waals surface area contributed by atoms with Gasteiger partial charge in [0.05, 0.1) is 12.7 Å². The van der Waals surface area contributed by atoms with E-state index in [9.17, 15) is 9.59 Å². The molecule has 0 fully saturated rings. The first kappa shape index (κ1) is 16.8. The van der Waals surface area contributed by atoms with Crippen molar-refractivity contribution in [2.45, 2.75) is 20.3 Å². The molecule has 0 saturated carbocycles. The van der Waals surface area contributed by atoms with Crippen LogP contribution in [0.15, 0.2) is 18.2 Å². The quantitative estimate of drug-likeness (QED) is 0.589. The van der Waals surface area contributed by atoms with E-state index in [0.717, 1.165) is 6.42 Å². The average Bonchev–Trinajstić information content (AvgIpc) is 2.43. The van der Waals surface area contributed by atoms with E-state index in [1.807, 2.05) is 0 Å². The van der Waals surface area contributed by atoms with Gasteiger partial charge in [-0.1, -0.05) is 13.8 Å². The number of methoxy groups -OCH3 is 1. The van der Waals surface area contributed by atoms with Gasteiger partial charge >= 0.3 is 5.97 Å². The molecule has 0 atom stereocenters. The lowest BCUT2D eigenvalue weighted by molar-refractivity contribution is -0.124. The largest absolute Gasteiger partial charge is 0.497 e. The fourth-order valence-electron chi connectivity index (χ4n) is 1.62. The topological polar surface area (TPSA) is 90.7 Å². The van der Waals surface area contributed by atoms with Crippen molar-refractivity contribution in [1.29, 1.82) is 0 Å². The number of benzene rings is 1. The van der Waals surface area contributed by atoms with E-state index in [2.05, 4.69) is 19.2 Å². The van der Waals surface area contributed by atoms with Crippen molar-refractivity contribution in [3.63, 3.8) is 0 Å². The summed E-state index contributed by atoms with van der Waals surface area (Å²) in [6.45, 7) is 4.40. The summed E-state index contributed by atoms with van der Waals surface area (Å²) >= 11 is 0. The smallest absolute Gasteiger partial charge is 0.338 e. The highest BCUT2D eigenvalue weighted by molar-refractivity contribution is 5.92. The molecule has 0 aliphatic heterocycles. The number of nitrogen functional groups attached to an aromatic ring is 1. The molecule has 21 heavy (non-hydrogen) atoms. The second-order valence-electron chi connectivity index (χ2n) is 5.10. The Bertz CT molecular complexity index is 500. The minimum atomic E-state index is -0.611. The average molecular weight is 294 g/mol. The highest BCUT2D eigenvalue weighted by Crippen LogP contribution is 2.19. The molecule has 0 aliphatic carbocycles. The lowest BCUT2D eigenvalue weighted by Gasteiger charge is -2.09. The van der Waals surface area contributed by atoms with E-state index in [1.54, 1.807) is 6.07 Å². The van der Waals surface area contributed by atoms with Crippen LogP contribution in [0, 0.1) is 5.92 Å². The number of hydrogen-bond acceptors (Lipinski definition) is 5. The van der Waals surface area contributed by atoms with Gasteiger partial charge in [-0.3, -0.25) is 4.79 Å². The van der Waals surface area contributed by atoms with Gasteiger partial charge in [0.2, 0.25) is 0 Å². The molecular weight excluding hydrogens is 272 g/mol. The van der Waals surface area contributed by atoms with Crippen molar-refractivity contribution in [1.82, 2.24) is 5.32 Å². The fraction of sp³-hybridized carbons (Fsp3) is 0.467. The Hall–Kier alpha value is -2.24. The molecule has 1 amide bonds. The van der Waals surface area contributed by atoms with Gasteiger partial charge in [0.1, 0.15) is 5.75 Å². The van der Waals surface area contributed by atoms with Crippen LogP contribution in [0.2, 0.25) is 0 Å². The summed E-state index contributed by atoms with van der Waals surface area (Å²) in [6.07, 6.45) is 0.881. The zero-order chi connectivity index (χ0) is 15.8. The van der Waals surface area contributed by atoms with Crippen molar-refractivity contribution < 1.29 is 19.1 Å². The lowest BCUT2D eigenvalue weighted by atomic mass is 10.1. The molecule has 0 unspecified atom stereocenters. The summed E-state index contributed by atoms with van der Waals surface area (Å²) in [6, 6.07) is 4.58. The van der Waals surface area contributed by atoms with Crippen LogP contribution in [0.4, 0.5) is 5.69 Å². The first-order chi connectivity index (χ1) is 9.92. The molecule has 0 heterocycles. The molecule has 1 rings (SSSR count). The maximum Gasteiger partial charge on any atom is 0.338 e. The zero-order valence-electron chi connectivity index (χ0n) is 12.6. The molecule has 0 bridgehead atoms. The van der Waals surface area contributed by atoms with Crippen LogP contribution in [-0.2, 0) is 9.53 Å². The molecule has 1 aromatic carbocycles. The van der Waals surface area contributed by atoms with Crippen molar-refractivity contribution in [2.24, 2.45) is 5.92 Å². The van der Waals surface area contributed by atoms with E-state index in [1.165, 1.54) is 19.2 Å². The number of esters is 1. The van der Waals surface area contributed by atoms with Crippen LogP contribution < -0.4 is 15.8 Å². The van der Waals surface area contributed by atoms with E-state index < -0.39 is 5.97 Å². The van der Waals surface area contributed by atoms with Crippen LogP contribution in [-0.4, -0.2) is 32.1 Å². The normalized spacial score (nSPS) is 10.3. The number of nitrogens with two attached hydrogens (primary N) is 1. The Morgan fingerprint density at radius 1 is 1.29 bits per heavy atom. The highest BCUT2D eigenvalue weighted by atomic mass is 16.5. The number of carbonyl (C=O) groups excluding carboxylic acids is 2. The SMILES string of the molecule is COc1cc(N)cc(C(=O)OCC(=O)NCCC(C)C)c1. The highest BCUT2D eigenvalue weighted by Gasteiger charge is 2.12. The maximum atomic E-state index is 11.8. The molecule has 3 N–H and O–H groups in total. The molecule has 0 aliphatic rings. The molecule has 0 radical (unpaired) electrons. The molecule has 6 nitrogen and oxygen atoms in total. The van der Waals surface area contributed by atoms with Gasteiger partial charge in [0.25, 0.3) is 5.91 Å². The Morgan fingerprint density at radius 2 is 2.00 bits per heavy atom. The van der Waals surface area contributed by atoms with E-state index >= 15 is 0 Å². The third-order valence-electron chi connectivity index (χ3n) is 2.78. The first-order valence-corrected chi connectivity index (χ1v) is 6.80. The van der Waals surface area contributed by atoms with Gasteiger partial charge in [-0.05, 0) is 24.5 Å². The predicted octanol–water partition coefficient (Wildman–Crippen LogP) is 1.60. The summed E-state index contributed by atoms with van der Waals surface area (Å²) < 4.78 is 9.96. The number of hydrogen-bond donors (Lipinski definition) is 2. The van der Waals surface area contributed by atoms with Crippen LogP contribution in [0.5, 0.6) is 5.75 Å². The summed E-state index contributed by atoms with van der Waals surface area (Å²) in [7, 11) is 1.48. The molecule has 0 spiro atoms. The van der Waals surface area contributed by atoms with Gasteiger partial charge < -0.3 is 20.5 Å². The second-order valence-corrected chi connectivity index (χ2v) is 5.10. The number of rotatable bonds is 7. The van der Waals surface area contributed by atoms with Gasteiger partial charge in [-0.15, -0.1) is 0 Å². The molecule has 1 aromatic rings. The van der Waals surface area contributed by atoms with Gasteiger partial charge in [0, 0.05) is 18.3 Å². The lowest BCUT2D eigenvalue weighted by Crippen LogP contribution is -2.30. The molecule has 6 heteroatoms. The first-order valence-electron chi connectivity index (χ1n) is 6.80. The van der Waals surface area contributed by atoms with Gasteiger partial charge in [-0.2, -0.15) is 0 Å². The van der Waals surface area contributed by atoms with Gasteiger partial charge in [-0.25, -0.2) is 4.79 Å². The number of nitrogens with one attached hydrogen (secondary N) is 1. The van der Waals surface area contributed by atoms with Gasteiger partial charge in [0.15, 0.2) is 6.61 Å². The summed E-state index contributed by atoms with van der Waals surface area (Å²) in [4.78, 5) is 23.4. The number of amides is 1. The third-order valence-corrected chi connectivity index (χ3v) is 2.78. The number of carbonyl (C=O) groups is 2. The Kier molecular flexibility index (Phi) is 6.52. The van der Waals surface area contributed by atoms with Crippen molar-refractivity contribution in [2.75, 3.05) is 26.0 Å². The predicted molar refractivity (Wildman–Crippen MR) is 80.2 cm³/mol. The summed E-state index contributed by atoms with van der Waals surface area (Å²) in [5.74, 6) is 0.0374. The summed E-state index contributed by atoms with van der Waals surface area (Å²) in [5.41, 5.74) is 6.30. The molecule has 116 valence electrons. The van der Waals surface area contributed by atoms with Crippen molar-refractivity contribution in [3.05, 3.63) is 23.8 Å². The Balaban J connectivity index is 2.46. The van der Waals surface area contributed by atoms with E-state index in [0.29, 0.717) is 23.9 Å². The van der Waals surface area contributed by atoms with Crippen LogP contribution >= 0.6 is 0 Å². The Labute approximate surface area is 124 Å². The zero-order valence-corrected chi connectivity index (χ0v) is 12.6. The van der Waals surface area contributed by atoms with Crippen LogP contribution in [0.3, 0.4) is 0 Å². The molecular formula is C15H22N2O4. The van der Waals surface area contributed by atoms with Crippen molar-refractivity contribution in [3.8, 4) is 5.75 Å². The molecule has 0 aromatic heterocycles. The number of ether oxygens (including phenoxy) is 2. The van der Waals surface area contributed by atoms with Crippen LogP contribution in [0.25, 0.3) is 0 Å². The second kappa shape index (κ2) is 8.14. The van der Waals surface area contributed by atoms with E-state index in [-0.39, 0.29) is 18.1 Å². The molecule has 0 saturated heterocycles.